The fourth-order valence-corrected chi connectivity index (χ4v) is 2.53. The van der Waals surface area contributed by atoms with Crippen LogP contribution in [0.1, 0.15) is 62.1 Å². The second-order valence-electron chi connectivity index (χ2n) is 4.79. The Morgan fingerprint density at radius 3 is 2.60 bits per heavy atom. The molecule has 2 N–H and O–H groups in total. The molecular formula is C14H21N. The lowest BCUT2D eigenvalue weighted by Crippen LogP contribution is -2.08. The first-order valence-electron chi connectivity index (χ1n) is 6.13. The van der Waals surface area contributed by atoms with Gasteiger partial charge in [-0.1, -0.05) is 43.5 Å². The summed E-state index contributed by atoms with van der Waals surface area (Å²) in [4.78, 5) is 0. The van der Waals surface area contributed by atoms with E-state index in [0.29, 0.717) is 0 Å². The summed E-state index contributed by atoms with van der Waals surface area (Å²) in [5.41, 5.74) is 8.69. The van der Waals surface area contributed by atoms with Gasteiger partial charge >= 0.3 is 0 Å². The fourth-order valence-electron chi connectivity index (χ4n) is 2.53. The maximum Gasteiger partial charge on any atom is 0.0266 e. The minimum absolute atomic E-state index is 0.161. The Hall–Kier alpha value is -0.820. The Labute approximate surface area is 92.7 Å². The molecule has 1 aromatic carbocycles. The van der Waals surface area contributed by atoms with E-state index in [-0.39, 0.29) is 6.04 Å². The molecule has 1 aromatic rings. The van der Waals surface area contributed by atoms with Crippen LogP contribution in [0.4, 0.5) is 0 Å². The highest BCUT2D eigenvalue weighted by molar-refractivity contribution is 5.28. The molecular weight excluding hydrogens is 182 g/mol. The van der Waals surface area contributed by atoms with E-state index in [1.165, 1.54) is 43.2 Å². The second-order valence-corrected chi connectivity index (χ2v) is 4.79. The van der Waals surface area contributed by atoms with Gasteiger partial charge in [-0.05, 0) is 36.8 Å². The molecule has 1 fully saturated rings. The van der Waals surface area contributed by atoms with E-state index in [9.17, 15) is 0 Å². The lowest BCUT2D eigenvalue weighted by atomic mass is 9.83. The lowest BCUT2D eigenvalue weighted by molar-refractivity contribution is 0.443. The van der Waals surface area contributed by atoms with Gasteiger partial charge in [-0.2, -0.15) is 0 Å². The van der Waals surface area contributed by atoms with Gasteiger partial charge in [0.2, 0.25) is 0 Å². The van der Waals surface area contributed by atoms with Gasteiger partial charge in [-0.15, -0.1) is 0 Å². The van der Waals surface area contributed by atoms with Crippen molar-refractivity contribution in [1.82, 2.24) is 0 Å². The van der Waals surface area contributed by atoms with Crippen LogP contribution >= 0.6 is 0 Å². The average Bonchev–Trinajstić information content (AvgIpc) is 2.30. The Bertz CT molecular complexity index is 311. The smallest absolute Gasteiger partial charge is 0.0266 e. The Morgan fingerprint density at radius 1 is 1.20 bits per heavy atom. The summed E-state index contributed by atoms with van der Waals surface area (Å²) in [5, 5.41) is 0. The van der Waals surface area contributed by atoms with Crippen molar-refractivity contribution in [2.45, 2.75) is 51.0 Å². The Morgan fingerprint density at radius 2 is 1.93 bits per heavy atom. The Balaban J connectivity index is 2.16. The molecule has 15 heavy (non-hydrogen) atoms. The summed E-state index contributed by atoms with van der Waals surface area (Å²) < 4.78 is 0. The van der Waals surface area contributed by atoms with Crippen LogP contribution in [-0.4, -0.2) is 0 Å². The molecule has 0 saturated heterocycles. The van der Waals surface area contributed by atoms with E-state index in [0.717, 1.165) is 5.92 Å². The molecule has 0 spiro atoms. The molecule has 0 heterocycles. The van der Waals surface area contributed by atoms with Gasteiger partial charge in [0.1, 0.15) is 0 Å². The fraction of sp³-hybridized carbons (Fsp3) is 0.571. The minimum atomic E-state index is 0.161. The number of hydrogen-bond donors (Lipinski definition) is 1. The summed E-state index contributed by atoms with van der Waals surface area (Å²) in [6, 6.07) is 9.02. The molecule has 1 nitrogen and oxygen atoms in total. The number of nitrogens with two attached hydrogens (primary N) is 1. The van der Waals surface area contributed by atoms with Gasteiger partial charge in [0, 0.05) is 6.04 Å². The molecule has 0 amide bonds. The standard InChI is InChI=1S/C14H21N/c1-11(15)13-8-5-9-14(10-13)12-6-3-2-4-7-12/h5,8-12H,2-4,6-7,15H2,1H3. The molecule has 0 radical (unpaired) electrons. The van der Waals surface area contributed by atoms with Gasteiger partial charge < -0.3 is 5.73 Å². The third kappa shape index (κ3) is 2.60. The van der Waals surface area contributed by atoms with Crippen molar-refractivity contribution in [3.63, 3.8) is 0 Å². The third-order valence-corrected chi connectivity index (χ3v) is 3.51. The predicted molar refractivity (Wildman–Crippen MR) is 64.9 cm³/mol. The topological polar surface area (TPSA) is 26.0 Å². The van der Waals surface area contributed by atoms with Gasteiger partial charge in [0.25, 0.3) is 0 Å². The maximum atomic E-state index is 5.91. The van der Waals surface area contributed by atoms with Crippen molar-refractivity contribution in [2.75, 3.05) is 0 Å². The summed E-state index contributed by atoms with van der Waals surface area (Å²) in [7, 11) is 0. The lowest BCUT2D eigenvalue weighted by Gasteiger charge is -2.22. The molecule has 1 heteroatoms. The van der Waals surface area contributed by atoms with Crippen molar-refractivity contribution in [3.05, 3.63) is 35.4 Å². The first-order chi connectivity index (χ1) is 7.27. The maximum absolute atomic E-state index is 5.91. The average molecular weight is 203 g/mol. The van der Waals surface area contributed by atoms with Crippen LogP contribution in [0.3, 0.4) is 0 Å². The van der Waals surface area contributed by atoms with Crippen LogP contribution < -0.4 is 5.73 Å². The van der Waals surface area contributed by atoms with Crippen LogP contribution in [0.25, 0.3) is 0 Å². The van der Waals surface area contributed by atoms with E-state index in [1.807, 2.05) is 0 Å². The molecule has 0 aromatic heterocycles. The highest BCUT2D eigenvalue weighted by Crippen LogP contribution is 2.33. The number of rotatable bonds is 2. The van der Waals surface area contributed by atoms with Crippen LogP contribution in [0.5, 0.6) is 0 Å². The van der Waals surface area contributed by atoms with Crippen molar-refractivity contribution in [3.8, 4) is 0 Å². The van der Waals surface area contributed by atoms with Crippen molar-refractivity contribution >= 4 is 0 Å². The molecule has 1 atom stereocenters. The normalized spacial score (nSPS) is 20.1. The minimum Gasteiger partial charge on any atom is -0.324 e. The molecule has 1 unspecified atom stereocenters. The number of hydrogen-bond acceptors (Lipinski definition) is 1. The highest BCUT2D eigenvalue weighted by atomic mass is 14.6. The summed E-state index contributed by atoms with van der Waals surface area (Å²) >= 11 is 0. The van der Waals surface area contributed by atoms with E-state index >= 15 is 0 Å². The van der Waals surface area contributed by atoms with Crippen LogP contribution in [-0.2, 0) is 0 Å². The largest absolute Gasteiger partial charge is 0.324 e. The molecule has 1 saturated carbocycles. The molecule has 1 aliphatic rings. The SMILES string of the molecule is CC(N)c1cccc(C2CCCCC2)c1. The van der Waals surface area contributed by atoms with Crippen LogP contribution in [0, 0.1) is 0 Å². The van der Waals surface area contributed by atoms with E-state index in [1.54, 1.807) is 0 Å². The quantitative estimate of drug-likeness (QED) is 0.778. The summed E-state index contributed by atoms with van der Waals surface area (Å²) in [6.07, 6.45) is 6.94. The summed E-state index contributed by atoms with van der Waals surface area (Å²) in [6.45, 7) is 2.06. The van der Waals surface area contributed by atoms with Crippen LogP contribution in [0.15, 0.2) is 24.3 Å². The molecule has 2 rings (SSSR count). The zero-order valence-corrected chi connectivity index (χ0v) is 9.58. The van der Waals surface area contributed by atoms with Crippen molar-refractivity contribution in [2.24, 2.45) is 5.73 Å². The second kappa shape index (κ2) is 4.80. The molecule has 0 bridgehead atoms. The molecule has 0 aliphatic heterocycles. The predicted octanol–water partition coefficient (Wildman–Crippen LogP) is 3.75. The summed E-state index contributed by atoms with van der Waals surface area (Å²) in [5.74, 6) is 0.789. The van der Waals surface area contributed by atoms with Crippen molar-refractivity contribution < 1.29 is 0 Å². The monoisotopic (exact) mass is 203 g/mol. The van der Waals surface area contributed by atoms with Crippen LogP contribution in [0.2, 0.25) is 0 Å². The van der Waals surface area contributed by atoms with Gasteiger partial charge in [0.05, 0.1) is 0 Å². The van der Waals surface area contributed by atoms with Gasteiger partial charge in [0.15, 0.2) is 0 Å². The third-order valence-electron chi connectivity index (χ3n) is 3.51. The highest BCUT2D eigenvalue weighted by Gasteiger charge is 2.15. The molecule has 1 aliphatic carbocycles. The Kier molecular flexibility index (Phi) is 3.42. The van der Waals surface area contributed by atoms with Gasteiger partial charge in [-0.3, -0.25) is 0 Å². The first-order valence-corrected chi connectivity index (χ1v) is 6.13. The molecule has 82 valence electrons. The van der Waals surface area contributed by atoms with E-state index in [2.05, 4.69) is 31.2 Å². The van der Waals surface area contributed by atoms with E-state index in [4.69, 9.17) is 5.73 Å². The first kappa shape index (κ1) is 10.7. The van der Waals surface area contributed by atoms with Crippen molar-refractivity contribution in [1.29, 1.82) is 0 Å². The zero-order valence-electron chi connectivity index (χ0n) is 9.58. The van der Waals surface area contributed by atoms with Gasteiger partial charge in [-0.25, -0.2) is 0 Å². The number of benzene rings is 1. The van der Waals surface area contributed by atoms with E-state index < -0.39 is 0 Å². The zero-order chi connectivity index (χ0) is 10.7.